The van der Waals surface area contributed by atoms with Gasteiger partial charge in [-0.2, -0.15) is 4.98 Å². The number of ether oxygens (including phenoxy) is 1. The molecule has 2 rings (SSSR count). The SMILES string of the molecule is CCc1nc(C(=O)C(CC)NC(=O)C(CC(=O)N2CCOCC2)CC(C)(C)CC(C)C)no1. The van der Waals surface area contributed by atoms with E-state index in [1.165, 1.54) is 0 Å². The third kappa shape index (κ3) is 8.21. The maximum atomic E-state index is 13.4. The number of ketones is 1. The molecular formula is C24H40N4O5. The summed E-state index contributed by atoms with van der Waals surface area (Å²) in [5.74, 6) is -0.433. The number of morpholine rings is 1. The van der Waals surface area contributed by atoms with Crippen molar-refractivity contribution in [3.05, 3.63) is 11.7 Å². The van der Waals surface area contributed by atoms with Crippen LogP contribution in [0.2, 0.25) is 0 Å². The van der Waals surface area contributed by atoms with Crippen molar-refractivity contribution in [2.24, 2.45) is 17.3 Å². The quantitative estimate of drug-likeness (QED) is 0.473. The minimum Gasteiger partial charge on any atom is -0.378 e. The molecule has 33 heavy (non-hydrogen) atoms. The number of aryl methyl sites for hydroxylation is 1. The van der Waals surface area contributed by atoms with E-state index in [1.807, 2.05) is 13.8 Å². The van der Waals surface area contributed by atoms with Crippen molar-refractivity contribution in [1.82, 2.24) is 20.4 Å². The highest BCUT2D eigenvalue weighted by Gasteiger charge is 2.34. The van der Waals surface area contributed by atoms with Crippen molar-refractivity contribution in [2.75, 3.05) is 26.3 Å². The Balaban J connectivity index is 2.15. The molecule has 1 saturated heterocycles. The number of aromatic nitrogens is 2. The van der Waals surface area contributed by atoms with Crippen LogP contribution in [0.3, 0.4) is 0 Å². The lowest BCUT2D eigenvalue weighted by Gasteiger charge is -2.33. The Labute approximate surface area is 197 Å². The van der Waals surface area contributed by atoms with Crippen LogP contribution in [-0.2, 0) is 20.7 Å². The first-order chi connectivity index (χ1) is 15.6. The predicted molar refractivity (Wildman–Crippen MR) is 124 cm³/mol. The number of hydrogen-bond acceptors (Lipinski definition) is 7. The number of amides is 2. The van der Waals surface area contributed by atoms with Crippen LogP contribution in [0.15, 0.2) is 4.52 Å². The molecule has 9 nitrogen and oxygen atoms in total. The number of nitrogens with one attached hydrogen (secondary N) is 1. The van der Waals surface area contributed by atoms with E-state index in [0.29, 0.717) is 57.4 Å². The first-order valence-electron chi connectivity index (χ1n) is 12.1. The first-order valence-corrected chi connectivity index (χ1v) is 12.1. The molecule has 0 aliphatic carbocycles. The molecule has 1 aliphatic rings. The topological polar surface area (TPSA) is 115 Å². The minimum atomic E-state index is -0.769. The van der Waals surface area contributed by atoms with Crippen LogP contribution < -0.4 is 5.32 Å². The summed E-state index contributed by atoms with van der Waals surface area (Å²) in [5, 5.41) is 6.62. The largest absolute Gasteiger partial charge is 0.378 e. The molecule has 9 heteroatoms. The van der Waals surface area contributed by atoms with Crippen molar-refractivity contribution in [3.8, 4) is 0 Å². The normalized spacial score (nSPS) is 16.5. The average molecular weight is 465 g/mol. The molecule has 186 valence electrons. The standard InChI is InChI=1S/C24H40N4O5/c1-7-18(21(30)22-26-19(8-2)33-27-22)25-23(31)17(15-24(5,6)14-16(3)4)13-20(29)28-9-11-32-12-10-28/h16-18H,7-15H2,1-6H3,(H,25,31). The van der Waals surface area contributed by atoms with Gasteiger partial charge >= 0.3 is 0 Å². The molecule has 0 aromatic carbocycles. The maximum absolute atomic E-state index is 13.4. The molecule has 0 spiro atoms. The van der Waals surface area contributed by atoms with Crippen LogP contribution in [0.4, 0.5) is 0 Å². The Morgan fingerprint density at radius 2 is 1.79 bits per heavy atom. The number of carbonyl (C=O) groups is 3. The lowest BCUT2D eigenvalue weighted by atomic mass is 9.75. The molecule has 1 fully saturated rings. The van der Waals surface area contributed by atoms with Crippen LogP contribution in [0.1, 0.15) is 83.7 Å². The zero-order valence-corrected chi connectivity index (χ0v) is 21.0. The molecule has 2 heterocycles. The number of carbonyl (C=O) groups excluding carboxylic acids is 3. The number of nitrogens with zero attached hydrogens (tertiary/aromatic N) is 3. The van der Waals surface area contributed by atoms with Gasteiger partial charge < -0.3 is 19.5 Å². The number of rotatable bonds is 12. The molecule has 2 atom stereocenters. The van der Waals surface area contributed by atoms with Gasteiger partial charge in [-0.15, -0.1) is 0 Å². The van der Waals surface area contributed by atoms with E-state index < -0.39 is 12.0 Å². The first kappa shape index (κ1) is 27.0. The van der Waals surface area contributed by atoms with Crippen LogP contribution in [0, 0.1) is 17.3 Å². The molecule has 0 radical (unpaired) electrons. The van der Waals surface area contributed by atoms with E-state index in [1.54, 1.807) is 4.90 Å². The van der Waals surface area contributed by atoms with Crippen molar-refractivity contribution in [2.45, 2.75) is 79.7 Å². The molecule has 2 amide bonds. The Morgan fingerprint density at radius 1 is 1.12 bits per heavy atom. The smallest absolute Gasteiger partial charge is 0.240 e. The summed E-state index contributed by atoms with van der Waals surface area (Å²) in [6.45, 7) is 14.3. The van der Waals surface area contributed by atoms with Gasteiger partial charge in [0.15, 0.2) is 0 Å². The monoisotopic (exact) mass is 464 g/mol. The Kier molecular flexibility index (Phi) is 10.0. The second-order valence-electron chi connectivity index (χ2n) is 10.1. The summed E-state index contributed by atoms with van der Waals surface area (Å²) in [6, 6.07) is -0.769. The molecule has 0 saturated carbocycles. The van der Waals surface area contributed by atoms with Crippen molar-refractivity contribution in [3.63, 3.8) is 0 Å². The molecule has 1 aromatic heterocycles. The van der Waals surface area contributed by atoms with E-state index >= 15 is 0 Å². The zero-order chi connectivity index (χ0) is 24.6. The number of Topliss-reactive ketones (excluding diaryl/α,β-unsaturated/α-hetero) is 1. The molecule has 2 unspecified atom stereocenters. The van der Waals surface area contributed by atoms with Crippen LogP contribution in [0.25, 0.3) is 0 Å². The number of hydrogen-bond donors (Lipinski definition) is 1. The summed E-state index contributed by atoms with van der Waals surface area (Å²) in [4.78, 5) is 45.1. The van der Waals surface area contributed by atoms with Crippen LogP contribution in [-0.4, -0.2) is 65.0 Å². The summed E-state index contributed by atoms with van der Waals surface area (Å²) < 4.78 is 10.4. The molecule has 1 aliphatic heterocycles. The van der Waals surface area contributed by atoms with Gasteiger partial charge in [0.05, 0.1) is 19.3 Å². The van der Waals surface area contributed by atoms with Gasteiger partial charge in [-0.1, -0.05) is 46.7 Å². The van der Waals surface area contributed by atoms with E-state index in [4.69, 9.17) is 9.26 Å². The van der Waals surface area contributed by atoms with Crippen molar-refractivity contribution < 1.29 is 23.6 Å². The highest BCUT2D eigenvalue weighted by molar-refractivity contribution is 5.99. The van der Waals surface area contributed by atoms with Gasteiger partial charge in [-0.3, -0.25) is 14.4 Å². The van der Waals surface area contributed by atoms with Gasteiger partial charge in [0.2, 0.25) is 29.3 Å². The fourth-order valence-corrected chi connectivity index (χ4v) is 4.56. The van der Waals surface area contributed by atoms with Crippen molar-refractivity contribution >= 4 is 17.6 Å². The Morgan fingerprint density at radius 3 is 2.33 bits per heavy atom. The van der Waals surface area contributed by atoms with Crippen molar-refractivity contribution in [1.29, 1.82) is 0 Å². The highest BCUT2D eigenvalue weighted by atomic mass is 16.5. The van der Waals surface area contributed by atoms with Gasteiger partial charge in [0.1, 0.15) is 0 Å². The van der Waals surface area contributed by atoms with E-state index in [9.17, 15) is 14.4 Å². The van der Waals surface area contributed by atoms with E-state index in [-0.39, 0.29) is 35.3 Å². The summed E-state index contributed by atoms with van der Waals surface area (Å²) in [7, 11) is 0. The fraction of sp³-hybridized carbons (Fsp3) is 0.792. The second kappa shape index (κ2) is 12.3. The lowest BCUT2D eigenvalue weighted by Crippen LogP contribution is -2.47. The minimum absolute atomic E-state index is 0.0277. The highest BCUT2D eigenvalue weighted by Crippen LogP contribution is 2.34. The lowest BCUT2D eigenvalue weighted by molar-refractivity contribution is -0.140. The fourth-order valence-electron chi connectivity index (χ4n) is 4.56. The van der Waals surface area contributed by atoms with Gasteiger partial charge in [0.25, 0.3) is 0 Å². The summed E-state index contributed by atoms with van der Waals surface area (Å²) >= 11 is 0. The average Bonchev–Trinajstić information content (AvgIpc) is 3.25. The predicted octanol–water partition coefficient (Wildman–Crippen LogP) is 3.04. The van der Waals surface area contributed by atoms with Gasteiger partial charge in [-0.05, 0) is 30.6 Å². The molecular weight excluding hydrogens is 424 g/mol. The molecule has 1 N–H and O–H groups in total. The van der Waals surface area contributed by atoms with E-state index in [2.05, 4.69) is 43.2 Å². The van der Waals surface area contributed by atoms with Crippen LogP contribution >= 0.6 is 0 Å². The van der Waals surface area contributed by atoms with Crippen LogP contribution in [0.5, 0.6) is 0 Å². The maximum Gasteiger partial charge on any atom is 0.240 e. The zero-order valence-electron chi connectivity index (χ0n) is 21.0. The van der Waals surface area contributed by atoms with Gasteiger partial charge in [-0.25, -0.2) is 0 Å². The Hall–Kier alpha value is -2.29. The molecule has 0 bridgehead atoms. The third-order valence-corrected chi connectivity index (χ3v) is 5.95. The van der Waals surface area contributed by atoms with E-state index in [0.717, 1.165) is 6.42 Å². The van der Waals surface area contributed by atoms with Gasteiger partial charge in [0, 0.05) is 31.8 Å². The third-order valence-electron chi connectivity index (χ3n) is 5.95. The Bertz CT molecular complexity index is 799. The summed E-state index contributed by atoms with van der Waals surface area (Å²) in [6.07, 6.45) is 2.52. The summed E-state index contributed by atoms with van der Waals surface area (Å²) in [5.41, 5.74) is -0.128. The molecule has 1 aromatic rings. The second-order valence-corrected chi connectivity index (χ2v) is 10.1.